The van der Waals surface area contributed by atoms with Gasteiger partial charge in [-0.15, -0.1) is 0 Å². The van der Waals surface area contributed by atoms with Gasteiger partial charge >= 0.3 is 0 Å². The molecule has 6 nitrogen and oxygen atoms in total. The molecule has 3 rings (SSSR count). The predicted octanol–water partition coefficient (Wildman–Crippen LogP) is 3.21. The van der Waals surface area contributed by atoms with Crippen LogP contribution in [0.1, 0.15) is 21.5 Å². The number of nitrogens with zero attached hydrogens (tertiary/aromatic N) is 1. The maximum Gasteiger partial charge on any atom is 0.277 e. The summed E-state index contributed by atoms with van der Waals surface area (Å²) in [4.78, 5) is 31.3. The molecule has 0 fully saturated rings. The number of nitrogens with one attached hydrogen (secondary N) is 2. The van der Waals surface area contributed by atoms with Gasteiger partial charge in [0.05, 0.1) is 0 Å². The van der Waals surface area contributed by atoms with Crippen molar-refractivity contribution < 1.29 is 4.79 Å². The molecule has 0 atom stereocenters. The number of hydrogen-bond acceptors (Lipinski definition) is 5. The third-order valence-electron chi connectivity index (χ3n) is 3.66. The zero-order valence-corrected chi connectivity index (χ0v) is 15.0. The largest absolute Gasteiger partial charge is 0.382 e. The SMILES string of the molecule is Cc1cccc(CSc2nc(N)c(NC(=O)c3ccccc3)c(=O)[nH]2)c1. The van der Waals surface area contributed by atoms with E-state index in [-0.39, 0.29) is 11.5 Å². The highest BCUT2D eigenvalue weighted by atomic mass is 32.2. The average molecular weight is 366 g/mol. The third-order valence-corrected chi connectivity index (χ3v) is 4.60. The minimum absolute atomic E-state index is 0.00947. The van der Waals surface area contributed by atoms with Crippen LogP contribution in [0.25, 0.3) is 0 Å². The minimum Gasteiger partial charge on any atom is -0.382 e. The molecule has 1 aromatic heterocycles. The number of aryl methyl sites for hydroxylation is 1. The van der Waals surface area contributed by atoms with Gasteiger partial charge < -0.3 is 11.1 Å². The Balaban J connectivity index is 1.74. The molecule has 0 unspecified atom stereocenters. The van der Waals surface area contributed by atoms with Gasteiger partial charge in [0.2, 0.25) is 0 Å². The number of anilines is 2. The number of carbonyl (C=O) groups excluding carboxylic acids is 1. The van der Waals surface area contributed by atoms with E-state index in [0.717, 1.165) is 5.56 Å². The number of thioether (sulfide) groups is 1. The number of amides is 1. The summed E-state index contributed by atoms with van der Waals surface area (Å²) in [6, 6.07) is 16.7. The van der Waals surface area contributed by atoms with E-state index in [4.69, 9.17) is 5.73 Å². The molecule has 4 N–H and O–H groups in total. The molecule has 0 saturated heterocycles. The van der Waals surface area contributed by atoms with Crippen LogP contribution in [0.15, 0.2) is 64.5 Å². The average Bonchev–Trinajstić information content (AvgIpc) is 2.63. The van der Waals surface area contributed by atoms with E-state index < -0.39 is 11.5 Å². The van der Waals surface area contributed by atoms with E-state index in [2.05, 4.69) is 21.4 Å². The quantitative estimate of drug-likeness (QED) is 0.475. The summed E-state index contributed by atoms with van der Waals surface area (Å²) in [7, 11) is 0. The first-order chi connectivity index (χ1) is 12.5. The molecule has 0 spiro atoms. The number of H-pyrrole nitrogens is 1. The van der Waals surface area contributed by atoms with Crippen molar-refractivity contribution in [2.45, 2.75) is 17.8 Å². The van der Waals surface area contributed by atoms with Gasteiger partial charge in [-0.25, -0.2) is 4.98 Å². The van der Waals surface area contributed by atoms with Crippen molar-refractivity contribution in [2.24, 2.45) is 0 Å². The fraction of sp³-hybridized carbons (Fsp3) is 0.105. The number of rotatable bonds is 5. The van der Waals surface area contributed by atoms with Crippen molar-refractivity contribution in [3.8, 4) is 0 Å². The van der Waals surface area contributed by atoms with Crippen LogP contribution in [-0.4, -0.2) is 15.9 Å². The molecule has 0 aliphatic carbocycles. The molecule has 0 bridgehead atoms. The molecule has 0 aliphatic rings. The van der Waals surface area contributed by atoms with Crippen LogP contribution in [-0.2, 0) is 5.75 Å². The molecule has 3 aromatic rings. The van der Waals surface area contributed by atoms with Gasteiger partial charge in [-0.2, -0.15) is 0 Å². The van der Waals surface area contributed by atoms with Crippen molar-refractivity contribution in [3.05, 3.63) is 81.6 Å². The summed E-state index contributed by atoms with van der Waals surface area (Å²) >= 11 is 1.38. The van der Waals surface area contributed by atoms with Gasteiger partial charge in [-0.05, 0) is 24.6 Å². The molecule has 0 aliphatic heterocycles. The van der Waals surface area contributed by atoms with Crippen LogP contribution >= 0.6 is 11.8 Å². The number of nitrogens with two attached hydrogens (primary N) is 1. The Morgan fingerprint density at radius 2 is 1.96 bits per heavy atom. The highest BCUT2D eigenvalue weighted by Crippen LogP contribution is 2.21. The smallest absolute Gasteiger partial charge is 0.277 e. The van der Waals surface area contributed by atoms with Crippen molar-refractivity contribution in [3.63, 3.8) is 0 Å². The van der Waals surface area contributed by atoms with Gasteiger partial charge in [-0.3, -0.25) is 14.6 Å². The first-order valence-electron chi connectivity index (χ1n) is 7.97. The molecule has 132 valence electrons. The van der Waals surface area contributed by atoms with E-state index in [1.165, 1.54) is 17.3 Å². The topological polar surface area (TPSA) is 101 Å². The number of nitrogen functional groups attached to an aromatic ring is 1. The van der Waals surface area contributed by atoms with Crippen LogP contribution in [0.5, 0.6) is 0 Å². The lowest BCUT2D eigenvalue weighted by Crippen LogP contribution is -2.23. The molecule has 1 heterocycles. The normalized spacial score (nSPS) is 10.5. The molecule has 0 radical (unpaired) electrons. The number of aromatic amines is 1. The van der Waals surface area contributed by atoms with E-state index >= 15 is 0 Å². The van der Waals surface area contributed by atoms with E-state index in [1.54, 1.807) is 30.3 Å². The maximum absolute atomic E-state index is 12.3. The second-order valence-electron chi connectivity index (χ2n) is 5.73. The Kier molecular flexibility index (Phi) is 5.38. The number of benzene rings is 2. The highest BCUT2D eigenvalue weighted by Gasteiger charge is 2.14. The molecule has 0 saturated carbocycles. The van der Waals surface area contributed by atoms with Gasteiger partial charge in [-0.1, -0.05) is 59.8 Å². The first-order valence-corrected chi connectivity index (χ1v) is 8.96. The Labute approximate surface area is 154 Å². The summed E-state index contributed by atoms with van der Waals surface area (Å²) in [5.41, 5.74) is 8.09. The second kappa shape index (κ2) is 7.88. The Bertz CT molecular complexity index is 986. The summed E-state index contributed by atoms with van der Waals surface area (Å²) in [6.07, 6.45) is 0. The Morgan fingerprint density at radius 1 is 1.19 bits per heavy atom. The fourth-order valence-electron chi connectivity index (χ4n) is 2.39. The highest BCUT2D eigenvalue weighted by molar-refractivity contribution is 7.98. The molecule has 26 heavy (non-hydrogen) atoms. The molecule has 1 amide bonds. The lowest BCUT2D eigenvalue weighted by molar-refractivity contribution is 0.102. The lowest BCUT2D eigenvalue weighted by Gasteiger charge is -2.08. The van der Waals surface area contributed by atoms with Crippen LogP contribution in [0.3, 0.4) is 0 Å². The third kappa shape index (κ3) is 4.31. The summed E-state index contributed by atoms with van der Waals surface area (Å²) in [6.45, 7) is 2.02. The first kappa shape index (κ1) is 17.8. The van der Waals surface area contributed by atoms with Gasteiger partial charge in [0.15, 0.2) is 11.0 Å². The van der Waals surface area contributed by atoms with Crippen LogP contribution in [0.4, 0.5) is 11.5 Å². The predicted molar refractivity (Wildman–Crippen MR) is 104 cm³/mol. The van der Waals surface area contributed by atoms with Crippen molar-refractivity contribution in [2.75, 3.05) is 11.1 Å². The number of aromatic nitrogens is 2. The standard InChI is InChI=1S/C19H18N4O2S/c1-12-6-5-7-13(10-12)11-26-19-22-16(20)15(18(25)23-19)21-17(24)14-8-3-2-4-9-14/h2-10H,11H2,1H3,(H,21,24)(H3,20,22,23,25). The van der Waals surface area contributed by atoms with Gasteiger partial charge in [0, 0.05) is 11.3 Å². The van der Waals surface area contributed by atoms with Gasteiger partial charge in [0.1, 0.15) is 5.69 Å². The summed E-state index contributed by atoms with van der Waals surface area (Å²) in [5, 5.41) is 2.93. The van der Waals surface area contributed by atoms with Crippen LogP contribution in [0.2, 0.25) is 0 Å². The Hall–Kier alpha value is -3.06. The van der Waals surface area contributed by atoms with Crippen molar-refractivity contribution >= 4 is 29.2 Å². The minimum atomic E-state index is -0.478. The molecular weight excluding hydrogens is 348 g/mol. The molecule has 2 aromatic carbocycles. The summed E-state index contributed by atoms with van der Waals surface area (Å²) in [5.74, 6) is 0.231. The molecular formula is C19H18N4O2S. The van der Waals surface area contributed by atoms with E-state index in [0.29, 0.717) is 16.5 Å². The zero-order chi connectivity index (χ0) is 18.5. The molecule has 7 heteroatoms. The number of carbonyl (C=O) groups is 1. The van der Waals surface area contributed by atoms with Crippen LogP contribution < -0.4 is 16.6 Å². The Morgan fingerprint density at radius 3 is 2.65 bits per heavy atom. The van der Waals surface area contributed by atoms with Crippen molar-refractivity contribution in [1.82, 2.24) is 9.97 Å². The fourth-order valence-corrected chi connectivity index (χ4v) is 3.20. The van der Waals surface area contributed by atoms with E-state index in [9.17, 15) is 9.59 Å². The maximum atomic E-state index is 12.3. The second-order valence-corrected chi connectivity index (χ2v) is 6.69. The van der Waals surface area contributed by atoms with E-state index in [1.807, 2.05) is 25.1 Å². The zero-order valence-electron chi connectivity index (χ0n) is 14.2. The number of hydrogen-bond donors (Lipinski definition) is 3. The summed E-state index contributed by atoms with van der Waals surface area (Å²) < 4.78 is 0. The monoisotopic (exact) mass is 366 g/mol. The van der Waals surface area contributed by atoms with Crippen molar-refractivity contribution in [1.29, 1.82) is 0 Å². The lowest BCUT2D eigenvalue weighted by atomic mass is 10.2. The van der Waals surface area contributed by atoms with Gasteiger partial charge in [0.25, 0.3) is 11.5 Å². The van der Waals surface area contributed by atoms with Crippen LogP contribution in [0, 0.1) is 6.92 Å².